The molecule has 1 heterocycles. The van der Waals surface area contributed by atoms with Crippen molar-refractivity contribution in [3.05, 3.63) is 30.5 Å². The van der Waals surface area contributed by atoms with Crippen LogP contribution in [0.25, 0.3) is 10.9 Å². The Kier molecular flexibility index (Phi) is 3.33. The number of benzene rings is 1. The Hall–Kier alpha value is -1.35. The summed E-state index contributed by atoms with van der Waals surface area (Å²) in [7, 11) is 0. The van der Waals surface area contributed by atoms with E-state index in [9.17, 15) is 0 Å². The van der Waals surface area contributed by atoms with Crippen LogP contribution in [0, 0.1) is 0 Å². The van der Waals surface area contributed by atoms with E-state index in [0.717, 1.165) is 12.1 Å². The van der Waals surface area contributed by atoms with Crippen molar-refractivity contribution < 1.29 is 0 Å². The Labute approximate surface area is 112 Å². The molecule has 0 atom stereocenters. The Balaban J connectivity index is 2.04. The van der Waals surface area contributed by atoms with Gasteiger partial charge < -0.3 is 4.90 Å². The molecular weight excluding hydrogens is 246 g/mol. The van der Waals surface area contributed by atoms with Crippen LogP contribution in [-0.4, -0.2) is 28.7 Å². The van der Waals surface area contributed by atoms with E-state index in [0.29, 0.717) is 11.9 Å². The average molecular weight is 262 g/mol. The van der Waals surface area contributed by atoms with Crippen molar-refractivity contribution in [1.29, 1.82) is 0 Å². The molecule has 1 fully saturated rings. The number of aromatic nitrogens is 2. The summed E-state index contributed by atoms with van der Waals surface area (Å²) in [5.74, 6) is 0.646. The topological polar surface area (TPSA) is 29.0 Å². The van der Waals surface area contributed by atoms with Gasteiger partial charge in [0.15, 0.2) is 0 Å². The van der Waals surface area contributed by atoms with E-state index in [1.807, 2.05) is 24.4 Å². The van der Waals surface area contributed by atoms with Gasteiger partial charge in [-0.15, -0.1) is 11.6 Å². The van der Waals surface area contributed by atoms with Crippen molar-refractivity contribution in [2.45, 2.75) is 25.3 Å². The molecule has 0 unspecified atom stereocenters. The van der Waals surface area contributed by atoms with Gasteiger partial charge in [-0.3, -0.25) is 0 Å². The molecule has 1 aromatic carbocycles. The second-order valence-electron chi connectivity index (χ2n) is 4.71. The maximum atomic E-state index is 5.94. The van der Waals surface area contributed by atoms with Gasteiger partial charge in [0.05, 0.1) is 17.4 Å². The van der Waals surface area contributed by atoms with Crippen molar-refractivity contribution in [3.63, 3.8) is 0 Å². The number of anilines is 1. The van der Waals surface area contributed by atoms with Gasteiger partial charge in [-0.1, -0.05) is 18.2 Å². The zero-order valence-electron chi connectivity index (χ0n) is 10.2. The first-order chi connectivity index (χ1) is 8.90. The minimum atomic E-state index is 0.622. The van der Waals surface area contributed by atoms with E-state index in [4.69, 9.17) is 11.6 Å². The second-order valence-corrected chi connectivity index (χ2v) is 5.09. The van der Waals surface area contributed by atoms with Crippen molar-refractivity contribution >= 4 is 28.2 Å². The van der Waals surface area contributed by atoms with Crippen LogP contribution < -0.4 is 4.90 Å². The van der Waals surface area contributed by atoms with E-state index in [1.165, 1.54) is 30.3 Å². The Morgan fingerprint density at radius 2 is 2.11 bits per heavy atom. The summed E-state index contributed by atoms with van der Waals surface area (Å²) >= 11 is 5.94. The minimum absolute atomic E-state index is 0.622. The molecule has 0 N–H and O–H groups in total. The van der Waals surface area contributed by atoms with Gasteiger partial charge in [0.1, 0.15) is 0 Å². The Morgan fingerprint density at radius 1 is 1.28 bits per heavy atom. The van der Waals surface area contributed by atoms with Crippen LogP contribution in [0.1, 0.15) is 19.3 Å². The maximum absolute atomic E-state index is 5.94. The molecule has 2 aromatic rings. The molecular formula is C14H16ClN3. The van der Waals surface area contributed by atoms with Crippen LogP contribution in [0.15, 0.2) is 30.5 Å². The minimum Gasteiger partial charge on any atom is -0.366 e. The molecule has 0 aliphatic heterocycles. The van der Waals surface area contributed by atoms with E-state index in [1.54, 1.807) is 0 Å². The number of hydrogen-bond donors (Lipinski definition) is 0. The van der Waals surface area contributed by atoms with Gasteiger partial charge in [-0.25, -0.2) is 0 Å². The number of fused-ring (bicyclic) bond motifs is 1. The normalized spacial score (nSPS) is 15.6. The fourth-order valence-corrected chi connectivity index (χ4v) is 2.69. The average Bonchev–Trinajstić information content (AvgIpc) is 2.35. The Morgan fingerprint density at radius 3 is 2.83 bits per heavy atom. The lowest BCUT2D eigenvalue weighted by Gasteiger charge is -2.39. The standard InChI is InChI=1S/C14H16ClN3/c15-8-9-18(11-4-3-5-11)14-10-16-17-13-7-2-1-6-12(13)14/h1-2,6-7,10-11H,3-5,8-9H2. The molecule has 1 saturated carbocycles. The van der Waals surface area contributed by atoms with Crippen LogP contribution in [0.5, 0.6) is 0 Å². The number of hydrogen-bond acceptors (Lipinski definition) is 3. The molecule has 1 aliphatic rings. The third kappa shape index (κ3) is 2.03. The SMILES string of the molecule is ClCCN(c1cnnc2ccccc12)C1CCC1. The van der Waals surface area contributed by atoms with Crippen LogP contribution in [0.2, 0.25) is 0 Å². The molecule has 0 saturated heterocycles. The number of rotatable bonds is 4. The van der Waals surface area contributed by atoms with Gasteiger partial charge in [0.25, 0.3) is 0 Å². The fourth-order valence-electron chi connectivity index (χ4n) is 2.51. The summed E-state index contributed by atoms with van der Waals surface area (Å²) in [6, 6.07) is 8.78. The van der Waals surface area contributed by atoms with Gasteiger partial charge in [0, 0.05) is 23.9 Å². The molecule has 4 heteroatoms. The molecule has 1 aliphatic carbocycles. The lowest BCUT2D eigenvalue weighted by Crippen LogP contribution is -2.41. The lowest BCUT2D eigenvalue weighted by atomic mass is 9.91. The molecule has 94 valence electrons. The maximum Gasteiger partial charge on any atom is 0.0950 e. The molecule has 3 nitrogen and oxygen atoms in total. The van der Waals surface area contributed by atoms with Gasteiger partial charge in [-0.05, 0) is 25.3 Å². The highest BCUT2D eigenvalue weighted by Crippen LogP contribution is 2.32. The largest absolute Gasteiger partial charge is 0.366 e. The summed E-state index contributed by atoms with van der Waals surface area (Å²) in [5.41, 5.74) is 2.12. The molecule has 0 spiro atoms. The summed E-state index contributed by atoms with van der Waals surface area (Å²) in [6.07, 6.45) is 5.70. The van der Waals surface area contributed by atoms with E-state index < -0.39 is 0 Å². The molecule has 0 bridgehead atoms. The first-order valence-corrected chi connectivity index (χ1v) is 6.96. The number of nitrogens with zero attached hydrogens (tertiary/aromatic N) is 3. The number of alkyl halides is 1. The van der Waals surface area contributed by atoms with E-state index in [-0.39, 0.29) is 0 Å². The monoisotopic (exact) mass is 261 g/mol. The predicted octanol–water partition coefficient (Wildman–Crippen LogP) is 3.23. The third-order valence-corrected chi connectivity index (χ3v) is 3.84. The van der Waals surface area contributed by atoms with Crippen LogP contribution in [-0.2, 0) is 0 Å². The lowest BCUT2D eigenvalue weighted by molar-refractivity contribution is 0.391. The van der Waals surface area contributed by atoms with Crippen LogP contribution in [0.3, 0.4) is 0 Å². The first-order valence-electron chi connectivity index (χ1n) is 6.43. The second kappa shape index (κ2) is 5.11. The van der Waals surface area contributed by atoms with Gasteiger partial charge in [-0.2, -0.15) is 10.2 Å². The van der Waals surface area contributed by atoms with Crippen LogP contribution >= 0.6 is 11.6 Å². The molecule has 18 heavy (non-hydrogen) atoms. The highest BCUT2D eigenvalue weighted by molar-refractivity contribution is 6.18. The smallest absolute Gasteiger partial charge is 0.0950 e. The summed E-state index contributed by atoms with van der Waals surface area (Å²) in [5, 5.41) is 9.47. The highest BCUT2D eigenvalue weighted by atomic mass is 35.5. The summed E-state index contributed by atoms with van der Waals surface area (Å²) in [4.78, 5) is 2.40. The van der Waals surface area contributed by atoms with E-state index in [2.05, 4.69) is 21.2 Å². The zero-order chi connectivity index (χ0) is 12.4. The summed E-state index contributed by atoms with van der Waals surface area (Å²) in [6.45, 7) is 0.877. The predicted molar refractivity (Wildman–Crippen MR) is 75.2 cm³/mol. The quantitative estimate of drug-likeness (QED) is 0.792. The third-order valence-electron chi connectivity index (χ3n) is 3.68. The van der Waals surface area contributed by atoms with Crippen LogP contribution in [0.4, 0.5) is 5.69 Å². The molecule has 0 amide bonds. The van der Waals surface area contributed by atoms with Gasteiger partial charge >= 0.3 is 0 Å². The van der Waals surface area contributed by atoms with Crippen molar-refractivity contribution in [3.8, 4) is 0 Å². The van der Waals surface area contributed by atoms with Crippen molar-refractivity contribution in [2.24, 2.45) is 0 Å². The number of halogens is 1. The van der Waals surface area contributed by atoms with Crippen molar-refractivity contribution in [2.75, 3.05) is 17.3 Å². The summed E-state index contributed by atoms with van der Waals surface area (Å²) < 4.78 is 0. The molecule has 1 aromatic heterocycles. The zero-order valence-corrected chi connectivity index (χ0v) is 11.0. The Bertz CT molecular complexity index is 534. The molecule has 0 radical (unpaired) electrons. The van der Waals surface area contributed by atoms with Crippen molar-refractivity contribution in [1.82, 2.24) is 10.2 Å². The highest BCUT2D eigenvalue weighted by Gasteiger charge is 2.26. The fraction of sp³-hybridized carbons (Fsp3) is 0.429. The van der Waals surface area contributed by atoms with Gasteiger partial charge in [0.2, 0.25) is 0 Å². The molecule has 3 rings (SSSR count). The van der Waals surface area contributed by atoms with E-state index >= 15 is 0 Å². The first kappa shape index (κ1) is 11.7.